The fraction of sp³-hybridized carbons (Fsp3) is 0.417. The number of rotatable bonds is 2. The van der Waals surface area contributed by atoms with Crippen LogP contribution in [0, 0.1) is 0 Å². The molecule has 3 rings (SSSR count). The monoisotopic (exact) mass is 234 g/mol. The summed E-state index contributed by atoms with van der Waals surface area (Å²) in [6.45, 7) is 1.74. The molecule has 1 saturated heterocycles. The molecular formula is C12H14N2OS. The van der Waals surface area contributed by atoms with Crippen molar-refractivity contribution in [1.29, 1.82) is 0 Å². The maximum atomic E-state index is 5.35. The van der Waals surface area contributed by atoms with E-state index in [9.17, 15) is 0 Å². The molecule has 0 saturated carbocycles. The van der Waals surface area contributed by atoms with Crippen molar-refractivity contribution in [1.82, 2.24) is 4.37 Å². The first-order valence-electron chi connectivity index (χ1n) is 5.62. The maximum absolute atomic E-state index is 5.35. The van der Waals surface area contributed by atoms with E-state index >= 15 is 0 Å². The van der Waals surface area contributed by atoms with Gasteiger partial charge >= 0.3 is 0 Å². The number of aromatic nitrogens is 1. The Labute approximate surface area is 98.6 Å². The first kappa shape index (κ1) is 10.1. The van der Waals surface area contributed by atoms with Crippen LogP contribution < -0.4 is 5.32 Å². The Morgan fingerprint density at radius 1 is 1.25 bits per heavy atom. The number of hydrogen-bond acceptors (Lipinski definition) is 4. The summed E-state index contributed by atoms with van der Waals surface area (Å²) in [6, 6.07) is 8.81. The molecule has 0 unspecified atom stereocenters. The van der Waals surface area contributed by atoms with Crippen LogP contribution in [0.4, 0.5) is 5.00 Å². The summed E-state index contributed by atoms with van der Waals surface area (Å²) in [4.78, 5) is 0. The summed E-state index contributed by atoms with van der Waals surface area (Å²) < 4.78 is 9.79. The standard InChI is InChI=1S/C12H14N2OS/c1-2-4-11-10(3-1)12(16-14-11)13-9-5-7-15-8-6-9/h1-4,9,13H,5-8H2. The van der Waals surface area contributed by atoms with Crippen LogP contribution in [0.1, 0.15) is 12.8 Å². The summed E-state index contributed by atoms with van der Waals surface area (Å²) in [5, 5.41) is 6.01. The van der Waals surface area contributed by atoms with Gasteiger partial charge in [-0.15, -0.1) is 0 Å². The molecule has 2 aromatic rings. The minimum atomic E-state index is 0.539. The SMILES string of the molecule is c1ccc2c(NC3CCOCC3)snc2c1. The van der Waals surface area contributed by atoms with Gasteiger partial charge in [-0.05, 0) is 36.5 Å². The smallest absolute Gasteiger partial charge is 0.117 e. The fourth-order valence-corrected chi connectivity index (χ4v) is 2.86. The van der Waals surface area contributed by atoms with E-state index < -0.39 is 0 Å². The predicted molar refractivity (Wildman–Crippen MR) is 67.1 cm³/mol. The third-order valence-corrected chi connectivity index (χ3v) is 3.75. The summed E-state index contributed by atoms with van der Waals surface area (Å²) in [6.07, 6.45) is 2.18. The van der Waals surface area contributed by atoms with E-state index in [1.54, 1.807) is 11.5 Å². The Hall–Kier alpha value is -1.13. The van der Waals surface area contributed by atoms with Gasteiger partial charge < -0.3 is 10.1 Å². The lowest BCUT2D eigenvalue weighted by atomic mass is 10.1. The second-order valence-corrected chi connectivity index (χ2v) is 4.83. The number of nitrogens with one attached hydrogen (secondary N) is 1. The fourth-order valence-electron chi connectivity index (χ4n) is 2.02. The molecule has 1 aromatic carbocycles. The lowest BCUT2D eigenvalue weighted by Gasteiger charge is -2.23. The Balaban J connectivity index is 1.83. The van der Waals surface area contributed by atoms with Crippen LogP contribution in [0.15, 0.2) is 24.3 Å². The molecule has 0 bridgehead atoms. The van der Waals surface area contributed by atoms with Gasteiger partial charge in [0.15, 0.2) is 0 Å². The van der Waals surface area contributed by atoms with Crippen LogP contribution in [-0.2, 0) is 4.74 Å². The van der Waals surface area contributed by atoms with E-state index in [-0.39, 0.29) is 0 Å². The lowest BCUT2D eigenvalue weighted by Crippen LogP contribution is -2.27. The van der Waals surface area contributed by atoms with Crippen LogP contribution >= 0.6 is 11.5 Å². The zero-order valence-corrected chi connectivity index (χ0v) is 9.80. The Bertz CT molecular complexity index is 477. The van der Waals surface area contributed by atoms with Crippen molar-refractivity contribution in [2.75, 3.05) is 18.5 Å². The van der Waals surface area contributed by atoms with Crippen molar-refractivity contribution in [3.8, 4) is 0 Å². The van der Waals surface area contributed by atoms with E-state index in [2.05, 4.69) is 27.9 Å². The highest BCUT2D eigenvalue weighted by atomic mass is 32.1. The van der Waals surface area contributed by atoms with Crippen molar-refractivity contribution in [3.05, 3.63) is 24.3 Å². The molecule has 1 aromatic heterocycles. The number of ether oxygens (including phenoxy) is 1. The summed E-state index contributed by atoms with van der Waals surface area (Å²) in [7, 11) is 0. The average molecular weight is 234 g/mol. The highest BCUT2D eigenvalue weighted by Gasteiger charge is 2.15. The molecule has 1 aliphatic rings. The Kier molecular flexibility index (Phi) is 2.76. The van der Waals surface area contributed by atoms with Gasteiger partial charge in [0, 0.05) is 24.6 Å². The second kappa shape index (κ2) is 4.39. The maximum Gasteiger partial charge on any atom is 0.117 e. The zero-order valence-electron chi connectivity index (χ0n) is 8.98. The zero-order chi connectivity index (χ0) is 10.8. The van der Waals surface area contributed by atoms with Crippen LogP contribution in [0.3, 0.4) is 0 Å². The molecule has 0 spiro atoms. The van der Waals surface area contributed by atoms with Crippen molar-refractivity contribution < 1.29 is 4.74 Å². The third kappa shape index (κ3) is 1.90. The van der Waals surface area contributed by atoms with E-state index in [0.29, 0.717) is 6.04 Å². The van der Waals surface area contributed by atoms with Gasteiger partial charge in [0.25, 0.3) is 0 Å². The first-order chi connectivity index (χ1) is 7.93. The van der Waals surface area contributed by atoms with E-state index in [1.165, 1.54) is 10.4 Å². The van der Waals surface area contributed by atoms with Gasteiger partial charge in [-0.1, -0.05) is 12.1 Å². The van der Waals surface area contributed by atoms with Gasteiger partial charge in [-0.2, -0.15) is 4.37 Å². The Morgan fingerprint density at radius 2 is 2.06 bits per heavy atom. The van der Waals surface area contributed by atoms with Crippen LogP contribution in [-0.4, -0.2) is 23.6 Å². The molecule has 16 heavy (non-hydrogen) atoms. The third-order valence-electron chi connectivity index (χ3n) is 2.94. The number of nitrogens with zero attached hydrogens (tertiary/aromatic N) is 1. The van der Waals surface area contributed by atoms with Crippen molar-refractivity contribution in [2.45, 2.75) is 18.9 Å². The molecule has 0 aliphatic carbocycles. The molecule has 0 atom stereocenters. The number of benzene rings is 1. The molecule has 1 fully saturated rings. The highest BCUT2D eigenvalue weighted by Crippen LogP contribution is 2.29. The number of anilines is 1. The molecule has 2 heterocycles. The molecule has 1 aliphatic heterocycles. The van der Waals surface area contributed by atoms with E-state index in [4.69, 9.17) is 4.74 Å². The lowest BCUT2D eigenvalue weighted by molar-refractivity contribution is 0.0905. The van der Waals surface area contributed by atoms with Crippen LogP contribution in [0.25, 0.3) is 10.9 Å². The van der Waals surface area contributed by atoms with Gasteiger partial charge in [0.05, 0.1) is 5.52 Å². The number of hydrogen-bond donors (Lipinski definition) is 1. The molecule has 84 valence electrons. The molecule has 3 nitrogen and oxygen atoms in total. The summed E-state index contributed by atoms with van der Waals surface area (Å²) in [5.41, 5.74) is 1.09. The highest BCUT2D eigenvalue weighted by molar-refractivity contribution is 7.11. The quantitative estimate of drug-likeness (QED) is 0.867. The minimum Gasteiger partial charge on any atom is -0.381 e. The van der Waals surface area contributed by atoms with Gasteiger partial charge in [-0.25, -0.2) is 0 Å². The Morgan fingerprint density at radius 3 is 2.94 bits per heavy atom. The predicted octanol–water partition coefficient (Wildman–Crippen LogP) is 2.89. The largest absolute Gasteiger partial charge is 0.381 e. The van der Waals surface area contributed by atoms with Crippen molar-refractivity contribution in [3.63, 3.8) is 0 Å². The molecule has 0 radical (unpaired) electrons. The van der Waals surface area contributed by atoms with Crippen molar-refractivity contribution in [2.24, 2.45) is 0 Å². The topological polar surface area (TPSA) is 34.1 Å². The van der Waals surface area contributed by atoms with Gasteiger partial charge in [0.1, 0.15) is 5.00 Å². The molecule has 1 N–H and O–H groups in total. The average Bonchev–Trinajstić information content (AvgIpc) is 2.74. The first-order valence-corrected chi connectivity index (χ1v) is 6.39. The number of fused-ring (bicyclic) bond motifs is 1. The molecule has 0 amide bonds. The second-order valence-electron chi connectivity index (χ2n) is 4.06. The van der Waals surface area contributed by atoms with Crippen LogP contribution in [0.2, 0.25) is 0 Å². The molecule has 4 heteroatoms. The van der Waals surface area contributed by atoms with Gasteiger partial charge in [-0.3, -0.25) is 0 Å². The van der Waals surface area contributed by atoms with Crippen LogP contribution in [0.5, 0.6) is 0 Å². The summed E-state index contributed by atoms with van der Waals surface area (Å²) in [5.74, 6) is 0. The molecular weight excluding hydrogens is 220 g/mol. The van der Waals surface area contributed by atoms with E-state index in [0.717, 1.165) is 31.6 Å². The minimum absolute atomic E-state index is 0.539. The van der Waals surface area contributed by atoms with E-state index in [1.807, 2.05) is 6.07 Å². The van der Waals surface area contributed by atoms with Crippen molar-refractivity contribution >= 4 is 27.4 Å². The summed E-state index contributed by atoms with van der Waals surface area (Å²) >= 11 is 1.55. The van der Waals surface area contributed by atoms with Gasteiger partial charge in [0.2, 0.25) is 0 Å². The normalized spacial score (nSPS) is 17.8.